The Kier molecular flexibility index (Phi) is 6.79. The van der Waals surface area contributed by atoms with E-state index in [4.69, 9.17) is 10.7 Å². The zero-order chi connectivity index (χ0) is 27.1. The number of nitrogens with two attached hydrogens (primary N) is 1. The topological polar surface area (TPSA) is 71.2 Å². The molecular formula is C30H33F3N6. The van der Waals surface area contributed by atoms with Gasteiger partial charge in [-0.25, -0.2) is 15.0 Å². The first-order valence-corrected chi connectivity index (χ1v) is 13.8. The van der Waals surface area contributed by atoms with Crippen molar-refractivity contribution in [3.8, 4) is 22.4 Å². The number of hydrogen-bond acceptors (Lipinski definition) is 6. The van der Waals surface area contributed by atoms with E-state index in [1.807, 2.05) is 13.0 Å². The average molecular weight is 535 g/mol. The minimum absolute atomic E-state index is 0.133. The molecule has 3 fully saturated rings. The highest BCUT2D eigenvalue weighted by atomic mass is 19.4. The molecule has 4 heterocycles. The summed E-state index contributed by atoms with van der Waals surface area (Å²) in [7, 11) is 0. The lowest BCUT2D eigenvalue weighted by molar-refractivity contribution is -0.137. The van der Waals surface area contributed by atoms with Gasteiger partial charge in [0.05, 0.1) is 22.6 Å². The summed E-state index contributed by atoms with van der Waals surface area (Å²) in [4.78, 5) is 18.6. The number of rotatable bonds is 5. The van der Waals surface area contributed by atoms with E-state index < -0.39 is 11.7 Å². The average Bonchev–Trinajstić information content (AvgIpc) is 3.61. The maximum atomic E-state index is 13.6. The Balaban J connectivity index is 1.41. The van der Waals surface area contributed by atoms with Crippen LogP contribution in [-0.4, -0.2) is 57.0 Å². The Morgan fingerprint density at radius 1 is 0.949 bits per heavy atom. The van der Waals surface area contributed by atoms with Crippen molar-refractivity contribution in [3.63, 3.8) is 0 Å². The number of alkyl halides is 3. The second-order valence-corrected chi connectivity index (χ2v) is 10.9. The summed E-state index contributed by atoms with van der Waals surface area (Å²) in [5.74, 6) is 0.133. The molecule has 0 amide bonds. The Morgan fingerprint density at radius 3 is 2.28 bits per heavy atom. The van der Waals surface area contributed by atoms with Gasteiger partial charge in [0, 0.05) is 42.7 Å². The Labute approximate surface area is 226 Å². The molecule has 39 heavy (non-hydrogen) atoms. The van der Waals surface area contributed by atoms with Crippen LogP contribution in [-0.2, 0) is 6.18 Å². The van der Waals surface area contributed by atoms with Crippen LogP contribution in [0, 0.1) is 6.92 Å². The molecule has 0 radical (unpaired) electrons. The zero-order valence-corrected chi connectivity index (χ0v) is 22.1. The number of nitrogen functional groups attached to an aromatic ring is 1. The van der Waals surface area contributed by atoms with E-state index in [2.05, 4.69) is 19.8 Å². The number of nitrogens with zero attached hydrogens (tertiary/aromatic N) is 5. The number of piperidine rings is 1. The van der Waals surface area contributed by atoms with Crippen molar-refractivity contribution < 1.29 is 13.2 Å². The van der Waals surface area contributed by atoms with E-state index in [-0.39, 0.29) is 5.95 Å². The molecule has 0 unspecified atom stereocenters. The second-order valence-electron chi connectivity index (χ2n) is 10.9. The van der Waals surface area contributed by atoms with Gasteiger partial charge in [-0.2, -0.15) is 13.2 Å². The highest BCUT2D eigenvalue weighted by Gasteiger charge is 2.33. The molecule has 9 heteroatoms. The van der Waals surface area contributed by atoms with Gasteiger partial charge in [0.25, 0.3) is 0 Å². The largest absolute Gasteiger partial charge is 0.416 e. The van der Waals surface area contributed by atoms with E-state index in [0.29, 0.717) is 28.4 Å². The van der Waals surface area contributed by atoms with Crippen LogP contribution in [0.3, 0.4) is 0 Å². The van der Waals surface area contributed by atoms with Gasteiger partial charge >= 0.3 is 6.18 Å². The lowest BCUT2D eigenvalue weighted by Crippen LogP contribution is -2.43. The molecule has 6 nitrogen and oxygen atoms in total. The zero-order valence-electron chi connectivity index (χ0n) is 22.1. The summed E-state index contributed by atoms with van der Waals surface area (Å²) in [6.07, 6.45) is 5.72. The van der Waals surface area contributed by atoms with E-state index >= 15 is 0 Å². The molecule has 0 atom stereocenters. The van der Waals surface area contributed by atoms with Gasteiger partial charge in [0.1, 0.15) is 0 Å². The smallest absolute Gasteiger partial charge is 0.370 e. The maximum Gasteiger partial charge on any atom is 0.416 e. The molecule has 3 aliphatic rings. The Morgan fingerprint density at radius 2 is 1.64 bits per heavy atom. The van der Waals surface area contributed by atoms with Crippen LogP contribution < -0.4 is 5.73 Å². The van der Waals surface area contributed by atoms with Crippen LogP contribution in [0.25, 0.3) is 28.1 Å². The van der Waals surface area contributed by atoms with Crippen molar-refractivity contribution in [2.75, 3.05) is 31.9 Å². The van der Waals surface area contributed by atoms with E-state index in [1.54, 1.807) is 18.5 Å². The predicted octanol–water partition coefficient (Wildman–Crippen LogP) is 6.18. The third-order valence-electron chi connectivity index (χ3n) is 8.16. The third-order valence-corrected chi connectivity index (χ3v) is 8.16. The number of allylic oxidation sites excluding steroid dienone is 1. The fourth-order valence-electron chi connectivity index (χ4n) is 6.02. The molecule has 2 aromatic heterocycles. The minimum atomic E-state index is -4.44. The first-order valence-electron chi connectivity index (χ1n) is 13.8. The SMILES string of the molecule is Cc1cc(-c2cccc(C(F)(F)F)c2)c(-c2cnc(N)nc2)nc1C(=C1CC1)N1CCC(N2CCCC2)CC1. The normalized spacial score (nSPS) is 18.6. The summed E-state index contributed by atoms with van der Waals surface area (Å²) in [5, 5.41) is 0. The van der Waals surface area contributed by atoms with Crippen LogP contribution in [0.15, 0.2) is 48.3 Å². The van der Waals surface area contributed by atoms with Gasteiger partial charge in [0.15, 0.2) is 0 Å². The number of aromatic nitrogens is 3. The fraction of sp³-hybridized carbons (Fsp3) is 0.433. The van der Waals surface area contributed by atoms with E-state index in [1.165, 1.54) is 49.3 Å². The summed E-state index contributed by atoms with van der Waals surface area (Å²) in [6.45, 7) is 6.39. The number of hydrogen-bond donors (Lipinski definition) is 1. The third kappa shape index (κ3) is 5.37. The number of anilines is 1. The van der Waals surface area contributed by atoms with Gasteiger partial charge < -0.3 is 15.5 Å². The molecule has 204 valence electrons. The van der Waals surface area contributed by atoms with Crippen molar-refractivity contribution in [1.29, 1.82) is 0 Å². The summed E-state index contributed by atoms with van der Waals surface area (Å²) in [6, 6.07) is 8.01. The lowest BCUT2D eigenvalue weighted by Gasteiger charge is -2.39. The monoisotopic (exact) mass is 534 g/mol. The predicted molar refractivity (Wildman–Crippen MR) is 146 cm³/mol. The molecule has 0 bridgehead atoms. The molecule has 1 aliphatic carbocycles. The molecule has 2 saturated heterocycles. The quantitative estimate of drug-likeness (QED) is 0.422. The summed E-state index contributed by atoms with van der Waals surface area (Å²) in [5.41, 5.74) is 11.7. The van der Waals surface area contributed by atoms with Crippen LogP contribution in [0.2, 0.25) is 0 Å². The fourth-order valence-corrected chi connectivity index (χ4v) is 6.02. The molecule has 2 N–H and O–H groups in total. The van der Waals surface area contributed by atoms with Gasteiger partial charge in [-0.3, -0.25) is 0 Å². The van der Waals surface area contributed by atoms with Crippen molar-refractivity contribution in [2.45, 2.75) is 57.7 Å². The van der Waals surface area contributed by atoms with Crippen LogP contribution in [0.5, 0.6) is 0 Å². The van der Waals surface area contributed by atoms with Crippen LogP contribution in [0.4, 0.5) is 19.1 Å². The summed E-state index contributed by atoms with van der Waals surface area (Å²) < 4.78 is 40.7. The number of halogens is 3. The highest BCUT2D eigenvalue weighted by molar-refractivity contribution is 5.84. The number of aryl methyl sites for hydroxylation is 1. The lowest BCUT2D eigenvalue weighted by atomic mass is 9.95. The molecule has 1 saturated carbocycles. The van der Waals surface area contributed by atoms with E-state index in [9.17, 15) is 13.2 Å². The first kappa shape index (κ1) is 25.8. The van der Waals surface area contributed by atoms with Crippen molar-refractivity contribution in [1.82, 2.24) is 24.8 Å². The van der Waals surface area contributed by atoms with Crippen molar-refractivity contribution >= 4 is 11.6 Å². The molecule has 0 spiro atoms. The van der Waals surface area contributed by atoms with Gasteiger partial charge in [0.2, 0.25) is 5.95 Å². The Bertz CT molecular complexity index is 1380. The van der Waals surface area contributed by atoms with Crippen LogP contribution >= 0.6 is 0 Å². The number of pyridine rings is 1. The van der Waals surface area contributed by atoms with Crippen molar-refractivity contribution in [3.05, 3.63) is 65.1 Å². The molecule has 2 aliphatic heterocycles. The maximum absolute atomic E-state index is 13.6. The van der Waals surface area contributed by atoms with E-state index in [0.717, 1.165) is 56.1 Å². The molecule has 1 aromatic carbocycles. The second kappa shape index (κ2) is 10.3. The number of benzene rings is 1. The standard InChI is InChI=1S/C30H33F3N6/c1-19-15-25(21-5-4-6-23(16-21)30(31,32)33)27(22-17-35-29(34)36-18-22)37-26(19)28(20-7-8-20)39-13-9-24(10-14-39)38-11-2-3-12-38/h4-6,15-18,24H,2-3,7-14H2,1H3,(H2,34,35,36). The first-order chi connectivity index (χ1) is 18.8. The number of likely N-dealkylation sites (tertiary alicyclic amines) is 2. The van der Waals surface area contributed by atoms with Crippen molar-refractivity contribution in [2.24, 2.45) is 0 Å². The van der Waals surface area contributed by atoms with Gasteiger partial charge in [-0.15, -0.1) is 0 Å². The Hall–Kier alpha value is -3.46. The van der Waals surface area contributed by atoms with Gasteiger partial charge in [-0.1, -0.05) is 12.1 Å². The summed E-state index contributed by atoms with van der Waals surface area (Å²) >= 11 is 0. The minimum Gasteiger partial charge on any atom is -0.370 e. The molecule has 3 aromatic rings. The molecule has 6 rings (SSSR count). The highest BCUT2D eigenvalue weighted by Crippen LogP contribution is 2.43. The van der Waals surface area contributed by atoms with Crippen LogP contribution in [0.1, 0.15) is 55.3 Å². The van der Waals surface area contributed by atoms with Gasteiger partial charge in [-0.05, 0) is 93.4 Å². The molecular weight excluding hydrogens is 501 g/mol.